The van der Waals surface area contributed by atoms with Gasteiger partial charge in [0.25, 0.3) is 0 Å². The molecule has 9 heteroatoms. The molecule has 0 aromatic carbocycles. The number of allylic oxidation sites excluding steroid dienone is 7. The Hall–Kier alpha value is -1.54. The number of hydrogen-bond acceptors (Lipinski definition) is 5. The van der Waals surface area contributed by atoms with Crippen molar-refractivity contribution < 1.29 is 32.9 Å². The van der Waals surface area contributed by atoms with Crippen LogP contribution < -0.4 is 5.32 Å². The normalized spacial score (nSPS) is 14.4. The van der Waals surface area contributed by atoms with Crippen molar-refractivity contribution in [2.75, 3.05) is 40.9 Å². The molecule has 64 heavy (non-hydrogen) atoms. The number of aliphatic hydroxyl groups is 1. The fraction of sp³-hybridized carbons (Fsp3) is 0.836. The Morgan fingerprint density at radius 2 is 0.906 bits per heavy atom. The van der Waals surface area contributed by atoms with Crippen molar-refractivity contribution in [1.82, 2.24) is 5.32 Å². The van der Waals surface area contributed by atoms with E-state index in [9.17, 15) is 19.4 Å². The summed E-state index contributed by atoms with van der Waals surface area (Å²) in [4.78, 5) is 23.2. The predicted molar refractivity (Wildman–Crippen MR) is 277 cm³/mol. The van der Waals surface area contributed by atoms with Gasteiger partial charge in [0.2, 0.25) is 5.91 Å². The van der Waals surface area contributed by atoms with Gasteiger partial charge in [0.1, 0.15) is 13.2 Å². The summed E-state index contributed by atoms with van der Waals surface area (Å²) in [5.41, 5.74) is 0. The van der Waals surface area contributed by atoms with Crippen molar-refractivity contribution in [3.8, 4) is 0 Å². The van der Waals surface area contributed by atoms with Crippen LogP contribution in [-0.4, -0.2) is 73.4 Å². The fourth-order valence-corrected chi connectivity index (χ4v) is 8.47. The Kier molecular flexibility index (Phi) is 45.4. The number of carbonyl (C=O) groups excluding carboxylic acids is 1. The van der Waals surface area contributed by atoms with E-state index < -0.39 is 20.0 Å². The van der Waals surface area contributed by atoms with E-state index in [2.05, 4.69) is 55.6 Å². The number of nitrogens with one attached hydrogen (secondary N) is 1. The van der Waals surface area contributed by atoms with E-state index >= 15 is 0 Å². The average molecular weight is 922 g/mol. The Labute approximate surface area is 397 Å². The van der Waals surface area contributed by atoms with Crippen molar-refractivity contribution in [2.45, 2.75) is 257 Å². The molecule has 0 spiro atoms. The fourth-order valence-electron chi connectivity index (χ4n) is 7.74. The first kappa shape index (κ1) is 62.5. The van der Waals surface area contributed by atoms with E-state index in [-0.39, 0.29) is 19.1 Å². The van der Waals surface area contributed by atoms with Crippen LogP contribution in [0.4, 0.5) is 0 Å². The minimum atomic E-state index is -4.35. The zero-order valence-electron chi connectivity index (χ0n) is 42.8. The van der Waals surface area contributed by atoms with Gasteiger partial charge in [0.05, 0.1) is 39.9 Å². The standard InChI is InChI=1S/C55H105N2O6P/c1-6-8-10-12-14-16-18-20-22-23-24-25-26-27-28-29-30-31-32-33-35-37-39-41-43-45-47-49-55(59)56-53(52-63-64(60,61)62-51-50-57(3,4)5)54(58)48-46-44-42-40-38-36-34-21-19-17-15-13-11-9-7-2/h24-25,27-28,38,40,46,48,53-54,58H,6-23,26,29-37,39,41-45,47,49-52H2,1-5H3,(H-,56,59,60,61)/p+1/b25-24-,28-27-,40-38+,48-46+. The van der Waals surface area contributed by atoms with Crippen LogP contribution in [0.15, 0.2) is 48.6 Å². The number of hydrogen-bond donors (Lipinski definition) is 3. The second-order valence-electron chi connectivity index (χ2n) is 19.6. The molecule has 376 valence electrons. The lowest BCUT2D eigenvalue weighted by Crippen LogP contribution is -2.45. The van der Waals surface area contributed by atoms with Crippen molar-refractivity contribution >= 4 is 13.7 Å². The van der Waals surface area contributed by atoms with Gasteiger partial charge in [0.15, 0.2) is 0 Å². The minimum absolute atomic E-state index is 0.0550. The maximum absolute atomic E-state index is 12.9. The molecule has 0 radical (unpaired) electrons. The average Bonchev–Trinajstić information content (AvgIpc) is 3.25. The van der Waals surface area contributed by atoms with Crippen molar-refractivity contribution in [3.05, 3.63) is 48.6 Å². The third kappa shape index (κ3) is 48.4. The highest BCUT2D eigenvalue weighted by molar-refractivity contribution is 7.47. The largest absolute Gasteiger partial charge is 0.472 e. The van der Waals surface area contributed by atoms with E-state index in [1.165, 1.54) is 180 Å². The highest BCUT2D eigenvalue weighted by atomic mass is 31.2. The van der Waals surface area contributed by atoms with Gasteiger partial charge >= 0.3 is 7.82 Å². The van der Waals surface area contributed by atoms with E-state index in [1.54, 1.807) is 6.08 Å². The third-order valence-electron chi connectivity index (χ3n) is 12.0. The maximum Gasteiger partial charge on any atom is 0.472 e. The number of nitrogens with zero attached hydrogens (tertiary/aromatic N) is 1. The molecular weight excluding hydrogens is 816 g/mol. The number of carbonyl (C=O) groups is 1. The van der Waals surface area contributed by atoms with Gasteiger partial charge in [-0.05, 0) is 64.2 Å². The van der Waals surface area contributed by atoms with Gasteiger partial charge < -0.3 is 19.8 Å². The van der Waals surface area contributed by atoms with Gasteiger partial charge in [-0.2, -0.15) is 0 Å². The lowest BCUT2D eigenvalue weighted by Gasteiger charge is -2.25. The van der Waals surface area contributed by atoms with Crippen LogP contribution in [0.1, 0.15) is 245 Å². The van der Waals surface area contributed by atoms with Crippen LogP contribution in [0.5, 0.6) is 0 Å². The van der Waals surface area contributed by atoms with Gasteiger partial charge in [0, 0.05) is 6.42 Å². The zero-order valence-corrected chi connectivity index (χ0v) is 43.7. The summed E-state index contributed by atoms with van der Waals surface area (Å²) in [7, 11) is 1.55. The molecule has 0 aliphatic rings. The molecule has 0 saturated heterocycles. The highest BCUT2D eigenvalue weighted by Gasteiger charge is 2.27. The first-order chi connectivity index (χ1) is 31.0. The lowest BCUT2D eigenvalue weighted by molar-refractivity contribution is -0.870. The topological polar surface area (TPSA) is 105 Å². The number of likely N-dealkylation sites (N-methyl/N-ethyl adjacent to an activating group) is 1. The second-order valence-corrected chi connectivity index (χ2v) is 21.0. The molecule has 3 atom stereocenters. The van der Waals surface area contributed by atoms with Gasteiger partial charge in [-0.25, -0.2) is 4.57 Å². The summed E-state index contributed by atoms with van der Waals surface area (Å²) in [6.45, 7) is 4.80. The number of phosphoric acid groups is 1. The van der Waals surface area contributed by atoms with Gasteiger partial charge in [-0.3, -0.25) is 13.8 Å². The summed E-state index contributed by atoms with van der Waals surface area (Å²) in [6.07, 6.45) is 60.6. The van der Waals surface area contributed by atoms with Crippen LogP contribution in [0.3, 0.4) is 0 Å². The van der Waals surface area contributed by atoms with Crippen molar-refractivity contribution in [3.63, 3.8) is 0 Å². The van der Waals surface area contributed by atoms with Crippen LogP contribution >= 0.6 is 7.82 Å². The molecule has 3 unspecified atom stereocenters. The number of phosphoric ester groups is 1. The summed E-state index contributed by atoms with van der Waals surface area (Å²) in [5.74, 6) is -0.189. The Bertz CT molecular complexity index is 1180. The molecule has 0 aliphatic carbocycles. The molecule has 0 aliphatic heterocycles. The van der Waals surface area contributed by atoms with Crippen molar-refractivity contribution in [1.29, 1.82) is 0 Å². The van der Waals surface area contributed by atoms with Crippen LogP contribution in [0, 0.1) is 0 Å². The smallest absolute Gasteiger partial charge is 0.387 e. The van der Waals surface area contributed by atoms with E-state index in [1.807, 2.05) is 27.2 Å². The molecular formula is C55H106N2O6P+. The SMILES string of the molecule is CCCCCCCCCCC/C=C\C/C=C\CCCCCCCCCCCCCC(=O)NC(COP(=O)(O)OCC[N+](C)(C)C)C(O)/C=C/CC/C=C/CCCCCCCCCCC. The molecule has 0 bridgehead atoms. The van der Waals surface area contributed by atoms with Crippen molar-refractivity contribution in [2.24, 2.45) is 0 Å². The molecule has 1 amide bonds. The molecule has 8 nitrogen and oxygen atoms in total. The first-order valence-electron chi connectivity index (χ1n) is 27.0. The predicted octanol–water partition coefficient (Wildman–Crippen LogP) is 16.0. The van der Waals surface area contributed by atoms with Crippen LogP contribution in [0.2, 0.25) is 0 Å². The van der Waals surface area contributed by atoms with Crippen LogP contribution in [0.25, 0.3) is 0 Å². The Morgan fingerprint density at radius 3 is 1.34 bits per heavy atom. The molecule has 0 aromatic rings. The zero-order chi connectivity index (χ0) is 47.1. The Balaban J connectivity index is 4.22. The van der Waals surface area contributed by atoms with E-state index in [4.69, 9.17) is 9.05 Å². The molecule has 0 rings (SSSR count). The van der Waals surface area contributed by atoms with E-state index in [0.717, 1.165) is 44.9 Å². The Morgan fingerprint density at radius 1 is 0.531 bits per heavy atom. The lowest BCUT2D eigenvalue weighted by atomic mass is 10.0. The van der Waals surface area contributed by atoms with E-state index in [0.29, 0.717) is 17.4 Å². The third-order valence-corrected chi connectivity index (χ3v) is 13.0. The monoisotopic (exact) mass is 922 g/mol. The molecule has 0 heterocycles. The van der Waals surface area contributed by atoms with Crippen LogP contribution in [-0.2, 0) is 18.4 Å². The molecule has 0 aromatic heterocycles. The maximum atomic E-state index is 12.9. The molecule has 3 N–H and O–H groups in total. The number of aliphatic hydroxyl groups excluding tert-OH is 1. The van der Waals surface area contributed by atoms with Gasteiger partial charge in [-0.15, -0.1) is 0 Å². The highest BCUT2D eigenvalue weighted by Crippen LogP contribution is 2.43. The van der Waals surface area contributed by atoms with Gasteiger partial charge in [-0.1, -0.05) is 223 Å². The summed E-state index contributed by atoms with van der Waals surface area (Å²) in [5, 5.41) is 13.9. The number of quaternary nitrogens is 1. The first-order valence-corrected chi connectivity index (χ1v) is 28.5. The number of unbranched alkanes of at least 4 members (excludes halogenated alkanes) is 30. The summed E-state index contributed by atoms with van der Waals surface area (Å²) < 4.78 is 23.6. The summed E-state index contributed by atoms with van der Waals surface area (Å²) >= 11 is 0. The minimum Gasteiger partial charge on any atom is -0.387 e. The quantitative estimate of drug-likeness (QED) is 0.0243. The summed E-state index contributed by atoms with van der Waals surface area (Å²) in [6, 6.07) is -0.865. The molecule has 0 fully saturated rings. The second kappa shape index (κ2) is 46.6. The number of rotatable bonds is 49. The molecule has 0 saturated carbocycles. The number of amides is 1.